The third-order valence-electron chi connectivity index (χ3n) is 4.37. The molecule has 1 aliphatic rings. The topological polar surface area (TPSA) is 83.1 Å². The molecule has 2 aromatic rings. The van der Waals surface area contributed by atoms with Crippen LogP contribution in [0, 0.1) is 0 Å². The lowest BCUT2D eigenvalue weighted by Gasteiger charge is -2.26. The van der Waals surface area contributed by atoms with E-state index in [1.807, 2.05) is 42.5 Å². The molecular weight excluding hydrogens is 380 g/mol. The van der Waals surface area contributed by atoms with Crippen LogP contribution in [0.4, 0.5) is 0 Å². The van der Waals surface area contributed by atoms with Crippen LogP contribution in [-0.2, 0) is 22.6 Å². The Bertz CT molecular complexity index is 809. The summed E-state index contributed by atoms with van der Waals surface area (Å²) in [5.74, 6) is 6.55. The van der Waals surface area contributed by atoms with Crippen LogP contribution in [0.1, 0.15) is 36.5 Å². The molecule has 0 saturated carbocycles. The van der Waals surface area contributed by atoms with Crippen LogP contribution in [0.5, 0.6) is 11.5 Å². The lowest BCUT2D eigenvalue weighted by molar-refractivity contribution is -0.145. The number of aryl methyl sites for hydroxylation is 1. The molecule has 0 bridgehead atoms. The second-order valence-corrected chi connectivity index (χ2v) is 6.37. The van der Waals surface area contributed by atoms with Gasteiger partial charge in [-0.15, -0.1) is 12.4 Å². The molecule has 1 atom stereocenters. The zero-order valence-corrected chi connectivity index (χ0v) is 16.6. The molecule has 150 valence electrons. The summed E-state index contributed by atoms with van der Waals surface area (Å²) in [5, 5.41) is 3.51. The van der Waals surface area contributed by atoms with E-state index in [4.69, 9.17) is 20.1 Å². The van der Waals surface area contributed by atoms with Gasteiger partial charge in [0.15, 0.2) is 0 Å². The minimum Gasteiger partial charge on any atom is -0.490 e. The van der Waals surface area contributed by atoms with Gasteiger partial charge in [0.1, 0.15) is 24.2 Å². The highest BCUT2D eigenvalue weighted by Crippen LogP contribution is 2.32. The average Bonchev–Trinajstić information content (AvgIpc) is 2.68. The first kappa shape index (κ1) is 21.6. The number of hydrazone groups is 1. The Morgan fingerprint density at radius 1 is 1.29 bits per heavy atom. The lowest BCUT2D eigenvalue weighted by atomic mass is 10.0. The van der Waals surface area contributed by atoms with Crippen molar-refractivity contribution in [2.45, 2.75) is 38.9 Å². The number of esters is 1. The Morgan fingerprint density at radius 2 is 2.07 bits per heavy atom. The summed E-state index contributed by atoms with van der Waals surface area (Å²) in [4.78, 5) is 11.6. The van der Waals surface area contributed by atoms with E-state index < -0.39 is 0 Å². The van der Waals surface area contributed by atoms with Crippen LogP contribution in [-0.4, -0.2) is 24.9 Å². The van der Waals surface area contributed by atoms with E-state index in [2.05, 4.69) is 5.10 Å². The number of hydrogen-bond acceptors (Lipinski definition) is 6. The van der Waals surface area contributed by atoms with E-state index in [9.17, 15) is 4.79 Å². The molecule has 0 amide bonds. The highest BCUT2D eigenvalue weighted by molar-refractivity contribution is 5.85. The number of nitrogens with two attached hydrogens (primary N) is 1. The number of hydrogen-bond donors (Lipinski definition) is 1. The number of benzene rings is 2. The van der Waals surface area contributed by atoms with Crippen molar-refractivity contribution in [2.75, 3.05) is 6.61 Å². The SMILES string of the molecule is CCOC(=O)CC1CCc2cc(OCc3ccc(C=NN)cc3)ccc2O1.Cl. The zero-order valence-electron chi connectivity index (χ0n) is 15.8. The molecule has 0 radical (unpaired) electrons. The number of nitrogens with zero attached hydrogens (tertiary/aromatic N) is 1. The van der Waals surface area contributed by atoms with Crippen LogP contribution in [0.2, 0.25) is 0 Å². The molecule has 7 heteroatoms. The Morgan fingerprint density at radius 3 is 2.79 bits per heavy atom. The number of rotatable bonds is 7. The molecule has 3 rings (SSSR count). The van der Waals surface area contributed by atoms with Gasteiger partial charge >= 0.3 is 5.97 Å². The number of fused-ring (bicyclic) bond motifs is 1. The standard InChI is InChI=1S/C21H24N2O4.ClH/c1-2-25-21(24)12-19-8-7-17-11-18(9-10-20(17)27-19)26-14-16-5-3-15(4-6-16)13-23-22;/h3-6,9-11,13,19H,2,7-8,12,14,22H2,1H3;1H. The maximum atomic E-state index is 11.6. The first-order valence-corrected chi connectivity index (χ1v) is 9.08. The number of halogens is 1. The minimum atomic E-state index is -0.213. The van der Waals surface area contributed by atoms with Crippen LogP contribution in [0.3, 0.4) is 0 Å². The van der Waals surface area contributed by atoms with Gasteiger partial charge in [-0.25, -0.2) is 0 Å². The van der Waals surface area contributed by atoms with E-state index in [1.165, 1.54) is 0 Å². The van der Waals surface area contributed by atoms with Crippen molar-refractivity contribution >= 4 is 24.6 Å². The highest BCUT2D eigenvalue weighted by atomic mass is 35.5. The second-order valence-electron chi connectivity index (χ2n) is 6.37. The van der Waals surface area contributed by atoms with Crippen LogP contribution in [0.15, 0.2) is 47.6 Å². The van der Waals surface area contributed by atoms with Crippen molar-refractivity contribution in [2.24, 2.45) is 10.9 Å². The van der Waals surface area contributed by atoms with Crippen molar-refractivity contribution in [3.63, 3.8) is 0 Å². The van der Waals surface area contributed by atoms with Gasteiger partial charge in [0.25, 0.3) is 0 Å². The van der Waals surface area contributed by atoms with Gasteiger partial charge in [0.05, 0.1) is 19.2 Å². The number of ether oxygens (including phenoxy) is 3. The molecule has 2 aromatic carbocycles. The largest absolute Gasteiger partial charge is 0.490 e. The summed E-state index contributed by atoms with van der Waals surface area (Å²) >= 11 is 0. The molecular formula is C21H25ClN2O4. The quantitative estimate of drug-likeness (QED) is 0.330. The van der Waals surface area contributed by atoms with Crippen LogP contribution in [0.25, 0.3) is 0 Å². The third-order valence-corrected chi connectivity index (χ3v) is 4.37. The number of carbonyl (C=O) groups excluding carboxylic acids is 1. The summed E-state index contributed by atoms with van der Waals surface area (Å²) in [6, 6.07) is 13.7. The summed E-state index contributed by atoms with van der Waals surface area (Å²) in [6.45, 7) is 2.68. The maximum Gasteiger partial charge on any atom is 0.309 e. The molecule has 0 fully saturated rings. The Labute approximate surface area is 171 Å². The fourth-order valence-corrected chi connectivity index (χ4v) is 3.01. The minimum absolute atomic E-state index is 0. The van der Waals surface area contributed by atoms with Gasteiger partial charge in [-0.2, -0.15) is 5.10 Å². The van der Waals surface area contributed by atoms with Crippen molar-refractivity contribution in [1.82, 2.24) is 0 Å². The van der Waals surface area contributed by atoms with Crippen molar-refractivity contribution in [3.8, 4) is 11.5 Å². The molecule has 0 saturated heterocycles. The second kappa shape index (κ2) is 10.6. The Balaban J connectivity index is 0.00000280. The van der Waals surface area contributed by atoms with Gasteiger partial charge < -0.3 is 20.1 Å². The first-order valence-electron chi connectivity index (χ1n) is 9.08. The van der Waals surface area contributed by atoms with Gasteiger partial charge in [-0.1, -0.05) is 24.3 Å². The Hall–Kier alpha value is -2.73. The van der Waals surface area contributed by atoms with E-state index in [1.54, 1.807) is 13.1 Å². The van der Waals surface area contributed by atoms with Crippen molar-refractivity contribution in [1.29, 1.82) is 0 Å². The molecule has 1 heterocycles. The summed E-state index contributed by atoms with van der Waals surface area (Å²) in [6.07, 6.45) is 3.40. The van der Waals surface area contributed by atoms with Gasteiger partial charge in [0, 0.05) is 0 Å². The predicted molar refractivity (Wildman–Crippen MR) is 110 cm³/mol. The maximum absolute atomic E-state index is 11.6. The summed E-state index contributed by atoms with van der Waals surface area (Å²) in [5.41, 5.74) is 3.11. The third kappa shape index (κ3) is 5.89. The fraction of sp³-hybridized carbons (Fsp3) is 0.333. The summed E-state index contributed by atoms with van der Waals surface area (Å²) < 4.78 is 16.8. The lowest BCUT2D eigenvalue weighted by Crippen LogP contribution is -2.26. The van der Waals surface area contributed by atoms with Gasteiger partial charge in [-0.05, 0) is 54.7 Å². The van der Waals surface area contributed by atoms with Gasteiger partial charge in [0.2, 0.25) is 0 Å². The average molecular weight is 405 g/mol. The smallest absolute Gasteiger partial charge is 0.309 e. The molecule has 0 aliphatic carbocycles. The van der Waals surface area contributed by atoms with Crippen molar-refractivity contribution in [3.05, 3.63) is 59.2 Å². The molecule has 1 aliphatic heterocycles. The van der Waals surface area contributed by atoms with E-state index in [0.29, 0.717) is 13.2 Å². The molecule has 1 unspecified atom stereocenters. The highest BCUT2D eigenvalue weighted by Gasteiger charge is 2.23. The number of carbonyl (C=O) groups is 1. The molecule has 6 nitrogen and oxygen atoms in total. The van der Waals surface area contributed by atoms with Crippen molar-refractivity contribution < 1.29 is 19.0 Å². The first-order chi connectivity index (χ1) is 13.2. The predicted octanol–water partition coefficient (Wildman–Crippen LogP) is 3.63. The monoisotopic (exact) mass is 404 g/mol. The van der Waals surface area contributed by atoms with E-state index >= 15 is 0 Å². The zero-order chi connectivity index (χ0) is 19.1. The van der Waals surface area contributed by atoms with Gasteiger partial charge in [-0.3, -0.25) is 4.79 Å². The van der Waals surface area contributed by atoms with Crippen LogP contribution < -0.4 is 15.3 Å². The Kier molecular flexibility index (Phi) is 8.14. The van der Waals surface area contributed by atoms with E-state index in [0.717, 1.165) is 41.0 Å². The fourth-order valence-electron chi connectivity index (χ4n) is 3.01. The molecule has 28 heavy (non-hydrogen) atoms. The molecule has 2 N–H and O–H groups in total. The normalized spacial score (nSPS) is 15.2. The summed E-state index contributed by atoms with van der Waals surface area (Å²) in [7, 11) is 0. The molecule has 0 aromatic heterocycles. The molecule has 0 spiro atoms. The van der Waals surface area contributed by atoms with E-state index in [-0.39, 0.29) is 30.9 Å². The van der Waals surface area contributed by atoms with Crippen LogP contribution >= 0.6 is 12.4 Å².